The smallest absolute Gasteiger partial charge is 0.170 e. The molecule has 0 unspecified atom stereocenters. The zero-order valence-corrected chi connectivity index (χ0v) is 12.6. The van der Waals surface area contributed by atoms with Gasteiger partial charge in [-0.05, 0) is 49.4 Å². The average Bonchev–Trinajstić information content (AvgIpc) is 2.50. The van der Waals surface area contributed by atoms with Crippen molar-refractivity contribution in [2.45, 2.75) is 33.1 Å². The summed E-state index contributed by atoms with van der Waals surface area (Å²) in [5.41, 5.74) is 5.35. The summed E-state index contributed by atoms with van der Waals surface area (Å²) in [6.07, 6.45) is 2.47. The SMILES string of the molecule is Cc1ccc(C)c(CC(=O)c2cccc3c2OCCC3)c1. The normalized spacial score (nSPS) is 13.4. The Morgan fingerprint density at radius 1 is 1.19 bits per heavy atom. The second-order valence-corrected chi connectivity index (χ2v) is 5.78. The van der Waals surface area contributed by atoms with Crippen molar-refractivity contribution in [3.63, 3.8) is 0 Å². The number of fused-ring (bicyclic) bond motifs is 1. The van der Waals surface area contributed by atoms with E-state index in [2.05, 4.69) is 38.1 Å². The lowest BCUT2D eigenvalue weighted by molar-refractivity contribution is 0.0988. The molecule has 0 N–H and O–H groups in total. The molecule has 3 rings (SSSR count). The molecule has 2 aromatic rings. The van der Waals surface area contributed by atoms with Crippen LogP contribution in [0.3, 0.4) is 0 Å². The summed E-state index contributed by atoms with van der Waals surface area (Å²) >= 11 is 0. The first-order valence-electron chi connectivity index (χ1n) is 7.49. The molecule has 0 radical (unpaired) electrons. The molecule has 2 heteroatoms. The van der Waals surface area contributed by atoms with E-state index < -0.39 is 0 Å². The van der Waals surface area contributed by atoms with Crippen LogP contribution in [0.25, 0.3) is 0 Å². The maximum absolute atomic E-state index is 12.7. The van der Waals surface area contributed by atoms with E-state index >= 15 is 0 Å². The second kappa shape index (κ2) is 5.72. The molecular formula is C19H20O2. The number of carbonyl (C=O) groups excluding carboxylic acids is 1. The van der Waals surface area contributed by atoms with Crippen LogP contribution < -0.4 is 4.74 Å². The molecule has 0 bridgehead atoms. The van der Waals surface area contributed by atoms with Crippen LogP contribution in [-0.2, 0) is 12.8 Å². The Hall–Kier alpha value is -2.09. The van der Waals surface area contributed by atoms with E-state index in [0.717, 1.165) is 35.3 Å². The highest BCUT2D eigenvalue weighted by Gasteiger charge is 2.19. The highest BCUT2D eigenvalue weighted by atomic mass is 16.5. The monoisotopic (exact) mass is 280 g/mol. The van der Waals surface area contributed by atoms with Gasteiger partial charge in [-0.25, -0.2) is 0 Å². The number of benzene rings is 2. The first-order valence-corrected chi connectivity index (χ1v) is 7.49. The lowest BCUT2D eigenvalue weighted by atomic mass is 9.95. The molecule has 0 atom stereocenters. The standard InChI is InChI=1S/C19H20O2/c1-13-8-9-14(2)16(11-13)12-18(20)17-7-3-5-15-6-4-10-21-19(15)17/h3,5,7-9,11H,4,6,10,12H2,1-2H3. The average molecular weight is 280 g/mol. The van der Waals surface area contributed by atoms with Gasteiger partial charge in [0, 0.05) is 6.42 Å². The number of carbonyl (C=O) groups is 1. The van der Waals surface area contributed by atoms with Gasteiger partial charge >= 0.3 is 0 Å². The molecule has 1 aliphatic heterocycles. The molecular weight excluding hydrogens is 260 g/mol. The first kappa shape index (κ1) is 13.9. The van der Waals surface area contributed by atoms with Gasteiger partial charge in [-0.1, -0.05) is 35.9 Å². The Balaban J connectivity index is 1.91. The van der Waals surface area contributed by atoms with Gasteiger partial charge in [-0.3, -0.25) is 4.79 Å². The fourth-order valence-corrected chi connectivity index (χ4v) is 2.87. The third-order valence-electron chi connectivity index (χ3n) is 4.09. The van der Waals surface area contributed by atoms with E-state index in [1.54, 1.807) is 0 Å². The van der Waals surface area contributed by atoms with E-state index in [4.69, 9.17) is 4.74 Å². The molecule has 0 aliphatic carbocycles. The number of hydrogen-bond donors (Lipinski definition) is 0. The van der Waals surface area contributed by atoms with Gasteiger partial charge in [0.15, 0.2) is 5.78 Å². The zero-order valence-electron chi connectivity index (χ0n) is 12.6. The molecule has 1 heterocycles. The Kier molecular flexibility index (Phi) is 3.78. The summed E-state index contributed by atoms with van der Waals surface area (Å²) in [5, 5.41) is 0. The first-order chi connectivity index (χ1) is 10.1. The molecule has 108 valence electrons. The van der Waals surface area contributed by atoms with Crippen molar-refractivity contribution in [1.82, 2.24) is 0 Å². The van der Waals surface area contributed by atoms with Crippen LogP contribution >= 0.6 is 0 Å². The van der Waals surface area contributed by atoms with E-state index in [1.807, 2.05) is 12.1 Å². The quantitative estimate of drug-likeness (QED) is 0.793. The van der Waals surface area contributed by atoms with Crippen LogP contribution in [0, 0.1) is 13.8 Å². The van der Waals surface area contributed by atoms with Crippen molar-refractivity contribution < 1.29 is 9.53 Å². The fraction of sp³-hybridized carbons (Fsp3) is 0.316. The minimum Gasteiger partial charge on any atom is -0.493 e. The summed E-state index contributed by atoms with van der Waals surface area (Å²) in [6, 6.07) is 12.2. The maximum Gasteiger partial charge on any atom is 0.170 e. The number of ether oxygens (including phenoxy) is 1. The molecule has 21 heavy (non-hydrogen) atoms. The lowest BCUT2D eigenvalue weighted by Gasteiger charge is -2.20. The summed E-state index contributed by atoms with van der Waals surface area (Å²) < 4.78 is 5.75. The molecule has 0 fully saturated rings. The number of ketones is 1. The van der Waals surface area contributed by atoms with Crippen LogP contribution in [0.2, 0.25) is 0 Å². The Morgan fingerprint density at radius 2 is 2.05 bits per heavy atom. The van der Waals surface area contributed by atoms with Crippen LogP contribution in [-0.4, -0.2) is 12.4 Å². The number of Topliss-reactive ketones (excluding diaryl/α,β-unsaturated/α-hetero) is 1. The minimum atomic E-state index is 0.141. The third-order valence-corrected chi connectivity index (χ3v) is 4.09. The van der Waals surface area contributed by atoms with Gasteiger partial charge in [0.05, 0.1) is 12.2 Å². The Labute approximate surface area is 125 Å². The number of hydrogen-bond acceptors (Lipinski definition) is 2. The van der Waals surface area contributed by atoms with Crippen LogP contribution in [0.5, 0.6) is 5.75 Å². The Bertz CT molecular complexity index is 686. The van der Waals surface area contributed by atoms with Crippen molar-refractivity contribution in [2.75, 3.05) is 6.61 Å². The molecule has 0 saturated heterocycles. The highest BCUT2D eigenvalue weighted by Crippen LogP contribution is 2.30. The van der Waals surface area contributed by atoms with Gasteiger partial charge in [0.25, 0.3) is 0 Å². The van der Waals surface area contributed by atoms with Crippen molar-refractivity contribution >= 4 is 5.78 Å². The fourth-order valence-electron chi connectivity index (χ4n) is 2.87. The van der Waals surface area contributed by atoms with E-state index in [0.29, 0.717) is 13.0 Å². The zero-order chi connectivity index (χ0) is 14.8. The Morgan fingerprint density at radius 3 is 2.90 bits per heavy atom. The van der Waals surface area contributed by atoms with Gasteiger partial charge in [-0.2, -0.15) is 0 Å². The van der Waals surface area contributed by atoms with Crippen molar-refractivity contribution in [2.24, 2.45) is 0 Å². The summed E-state index contributed by atoms with van der Waals surface area (Å²) in [5.74, 6) is 0.946. The molecule has 0 aromatic heterocycles. The highest BCUT2D eigenvalue weighted by molar-refractivity contribution is 6.00. The lowest BCUT2D eigenvalue weighted by Crippen LogP contribution is -2.14. The van der Waals surface area contributed by atoms with Crippen LogP contribution in [0.15, 0.2) is 36.4 Å². The van der Waals surface area contributed by atoms with Crippen molar-refractivity contribution in [1.29, 1.82) is 0 Å². The van der Waals surface area contributed by atoms with Crippen molar-refractivity contribution in [3.05, 3.63) is 64.2 Å². The molecule has 2 nitrogen and oxygen atoms in total. The minimum absolute atomic E-state index is 0.141. The van der Waals surface area contributed by atoms with Gasteiger partial charge < -0.3 is 4.74 Å². The van der Waals surface area contributed by atoms with E-state index in [-0.39, 0.29) is 5.78 Å². The maximum atomic E-state index is 12.7. The van der Waals surface area contributed by atoms with E-state index in [9.17, 15) is 4.79 Å². The largest absolute Gasteiger partial charge is 0.493 e. The van der Waals surface area contributed by atoms with Gasteiger partial charge in [0.2, 0.25) is 0 Å². The third kappa shape index (κ3) is 2.85. The predicted molar refractivity (Wildman–Crippen MR) is 84.2 cm³/mol. The summed E-state index contributed by atoms with van der Waals surface area (Å²) in [6.45, 7) is 4.82. The molecule has 1 aliphatic rings. The molecule has 0 spiro atoms. The summed E-state index contributed by atoms with van der Waals surface area (Å²) in [7, 11) is 0. The number of para-hydroxylation sites is 1. The predicted octanol–water partition coefficient (Wildman–Crippen LogP) is 4.05. The van der Waals surface area contributed by atoms with E-state index in [1.165, 1.54) is 11.1 Å². The number of rotatable bonds is 3. The van der Waals surface area contributed by atoms with Crippen LogP contribution in [0.4, 0.5) is 0 Å². The van der Waals surface area contributed by atoms with Gasteiger partial charge in [0.1, 0.15) is 5.75 Å². The number of aryl methyl sites for hydroxylation is 3. The molecule has 0 amide bonds. The molecule has 2 aromatic carbocycles. The van der Waals surface area contributed by atoms with Crippen LogP contribution in [0.1, 0.15) is 39.0 Å². The summed E-state index contributed by atoms with van der Waals surface area (Å²) in [4.78, 5) is 12.7. The van der Waals surface area contributed by atoms with Crippen molar-refractivity contribution in [3.8, 4) is 5.75 Å². The van der Waals surface area contributed by atoms with Gasteiger partial charge in [-0.15, -0.1) is 0 Å². The topological polar surface area (TPSA) is 26.3 Å². The molecule has 0 saturated carbocycles. The second-order valence-electron chi connectivity index (χ2n) is 5.78.